The number of carbonyl (C=O) groups is 1. The number of aliphatic carboxylic acids is 1. The summed E-state index contributed by atoms with van der Waals surface area (Å²) in [6.45, 7) is 3.95. The van der Waals surface area contributed by atoms with E-state index in [1.807, 2.05) is 6.07 Å². The van der Waals surface area contributed by atoms with Crippen molar-refractivity contribution in [3.05, 3.63) is 105 Å². The zero-order valence-electron chi connectivity index (χ0n) is 29.1. The van der Waals surface area contributed by atoms with Crippen molar-refractivity contribution in [2.24, 2.45) is 0 Å². The van der Waals surface area contributed by atoms with Gasteiger partial charge in [0.05, 0.1) is 23.8 Å². The summed E-state index contributed by atoms with van der Waals surface area (Å²) in [5, 5.41) is 31.0. The highest BCUT2D eigenvalue weighted by atomic mass is 35.5. The van der Waals surface area contributed by atoms with Gasteiger partial charge in [-0.3, -0.25) is 15.1 Å². The average molecular weight is 753 g/mol. The smallest absolute Gasteiger partial charge is 0.420 e. The molecule has 3 aromatic carbocycles. The molecule has 0 spiro atoms. The van der Waals surface area contributed by atoms with Crippen molar-refractivity contribution in [1.82, 2.24) is 15.2 Å². The zero-order chi connectivity index (χ0) is 38.0. The van der Waals surface area contributed by atoms with E-state index in [-0.39, 0.29) is 54.2 Å². The number of nitriles is 1. The molecule has 10 nitrogen and oxygen atoms in total. The first-order valence-corrected chi connectivity index (χ1v) is 17.5. The number of halogens is 4. The van der Waals surface area contributed by atoms with Gasteiger partial charge in [0.15, 0.2) is 0 Å². The van der Waals surface area contributed by atoms with Gasteiger partial charge in [-0.05, 0) is 79.7 Å². The molecule has 1 atom stereocenters. The number of rotatable bonds is 17. The summed E-state index contributed by atoms with van der Waals surface area (Å²) < 4.78 is 61.8. The summed E-state index contributed by atoms with van der Waals surface area (Å²) in [5.74, 6) is -0.974. The third kappa shape index (κ3) is 10.4. The van der Waals surface area contributed by atoms with Crippen LogP contribution in [-0.4, -0.2) is 65.0 Å². The van der Waals surface area contributed by atoms with Crippen LogP contribution in [0.25, 0.3) is 11.1 Å². The van der Waals surface area contributed by atoms with E-state index in [9.17, 15) is 33.4 Å². The molecule has 1 saturated heterocycles. The average Bonchev–Trinajstić information content (AvgIpc) is 3.66. The Morgan fingerprint density at radius 3 is 2.45 bits per heavy atom. The Bertz CT molecular complexity index is 1930. The predicted octanol–water partition coefficient (Wildman–Crippen LogP) is 7.16. The van der Waals surface area contributed by atoms with Crippen LogP contribution in [0.2, 0.25) is 5.02 Å². The monoisotopic (exact) mass is 752 g/mol. The SMILES string of the molecule is Cc1c(COc2cc(OCc3cncc(C#N)c3)c(CN[C@@H](CO)C(=O)O)cc2Cl)cccc1-c1cccc(OCCCN2CCCC2)c1C(F)(F)F. The molecule has 0 radical (unpaired) electrons. The first-order chi connectivity index (χ1) is 25.5. The normalized spacial score (nSPS) is 13.8. The number of aliphatic hydroxyl groups is 1. The lowest BCUT2D eigenvalue weighted by Crippen LogP contribution is -2.39. The molecular weight excluding hydrogens is 713 g/mol. The van der Waals surface area contributed by atoms with Crippen LogP contribution in [0.4, 0.5) is 13.2 Å². The number of nitrogens with one attached hydrogen (secondary N) is 1. The molecular formula is C39H40ClF3N4O6. The third-order valence-corrected chi connectivity index (χ3v) is 9.25. The first kappa shape index (κ1) is 39.3. The van der Waals surface area contributed by atoms with Crippen molar-refractivity contribution in [3.8, 4) is 34.4 Å². The fraction of sp³-hybridized carbons (Fsp3) is 0.359. The number of ether oxygens (including phenoxy) is 3. The van der Waals surface area contributed by atoms with Crippen LogP contribution < -0.4 is 19.5 Å². The standard InChI is InChI=1S/C39H40ClF3N4O6/c1-25-28(7-4-8-30(25)31-9-5-10-34(37(31)39(41,42)43)51-14-6-13-47-11-2-3-12-47)24-53-36-17-35(52-23-27-15-26(18-44)19-45-20-27)29(16-32(36)40)21-46-33(22-48)38(49)50/h4-5,7-10,15-17,19-20,33,46,48H,2-3,6,11-14,21-24H2,1H3,(H,49,50)/t33-/m0/s1. The van der Waals surface area contributed by atoms with Gasteiger partial charge in [0.2, 0.25) is 0 Å². The minimum absolute atomic E-state index is 0.00281. The van der Waals surface area contributed by atoms with E-state index in [1.54, 1.807) is 37.3 Å². The van der Waals surface area contributed by atoms with Gasteiger partial charge in [-0.25, -0.2) is 0 Å². The van der Waals surface area contributed by atoms with Crippen LogP contribution in [0, 0.1) is 18.3 Å². The predicted molar refractivity (Wildman–Crippen MR) is 192 cm³/mol. The molecule has 1 aromatic heterocycles. The zero-order valence-corrected chi connectivity index (χ0v) is 29.8. The molecule has 0 unspecified atom stereocenters. The summed E-state index contributed by atoms with van der Waals surface area (Å²) in [4.78, 5) is 17.8. The number of carboxylic acid groups (broad SMARTS) is 1. The van der Waals surface area contributed by atoms with E-state index in [1.165, 1.54) is 36.7 Å². The first-order valence-electron chi connectivity index (χ1n) is 17.1. The Morgan fingerprint density at radius 2 is 1.74 bits per heavy atom. The molecule has 53 heavy (non-hydrogen) atoms. The Labute approximate surface area is 310 Å². The summed E-state index contributed by atoms with van der Waals surface area (Å²) in [7, 11) is 0. The highest BCUT2D eigenvalue weighted by Crippen LogP contribution is 2.44. The third-order valence-electron chi connectivity index (χ3n) is 8.96. The lowest BCUT2D eigenvalue weighted by molar-refractivity contribution is -0.140. The number of nitrogens with zero attached hydrogens (tertiary/aromatic N) is 3. The minimum Gasteiger partial charge on any atom is -0.493 e. The highest BCUT2D eigenvalue weighted by molar-refractivity contribution is 6.32. The topological polar surface area (TPSA) is 137 Å². The molecule has 0 amide bonds. The van der Waals surface area contributed by atoms with Gasteiger partial charge >= 0.3 is 12.1 Å². The maximum atomic E-state index is 14.6. The maximum absolute atomic E-state index is 14.6. The summed E-state index contributed by atoms with van der Waals surface area (Å²) >= 11 is 6.62. The molecule has 0 saturated carbocycles. The molecule has 1 aliphatic rings. The Kier molecular flexibility index (Phi) is 13.5. The molecule has 1 fully saturated rings. The fourth-order valence-corrected chi connectivity index (χ4v) is 6.38. The van der Waals surface area contributed by atoms with E-state index in [2.05, 4.69) is 15.2 Å². The molecule has 5 rings (SSSR count). The molecule has 4 aromatic rings. The molecule has 1 aliphatic heterocycles. The van der Waals surface area contributed by atoms with Crippen molar-refractivity contribution in [2.75, 3.05) is 32.8 Å². The number of alkyl halides is 3. The van der Waals surface area contributed by atoms with Gasteiger partial charge in [0.25, 0.3) is 0 Å². The quantitative estimate of drug-likeness (QED) is 0.0954. The maximum Gasteiger partial charge on any atom is 0.420 e. The molecule has 2 heterocycles. The molecule has 14 heteroatoms. The summed E-state index contributed by atoms with van der Waals surface area (Å²) in [5.41, 5.74) is 2.13. The Hall–Kier alpha value is -4.87. The second-order valence-electron chi connectivity index (χ2n) is 12.6. The second-order valence-corrected chi connectivity index (χ2v) is 13.0. The number of carboxylic acids is 1. The fourth-order valence-electron chi connectivity index (χ4n) is 6.14. The van der Waals surface area contributed by atoms with Crippen LogP contribution in [-0.2, 0) is 30.7 Å². The Morgan fingerprint density at radius 1 is 1.00 bits per heavy atom. The van der Waals surface area contributed by atoms with Crippen molar-refractivity contribution in [2.45, 2.75) is 58.2 Å². The Balaban J connectivity index is 1.37. The lowest BCUT2D eigenvalue weighted by atomic mass is 9.92. The molecule has 0 aliphatic carbocycles. The number of likely N-dealkylation sites (tertiary alicyclic amines) is 1. The van der Waals surface area contributed by atoms with Crippen molar-refractivity contribution < 1.29 is 42.4 Å². The van der Waals surface area contributed by atoms with E-state index in [0.717, 1.165) is 32.5 Å². The minimum atomic E-state index is -4.67. The number of pyridine rings is 1. The van der Waals surface area contributed by atoms with Crippen LogP contribution in [0.15, 0.2) is 67.0 Å². The van der Waals surface area contributed by atoms with Gasteiger partial charge in [-0.15, -0.1) is 0 Å². The van der Waals surface area contributed by atoms with Crippen LogP contribution in [0.1, 0.15) is 52.6 Å². The van der Waals surface area contributed by atoms with E-state index >= 15 is 0 Å². The number of hydrogen-bond acceptors (Lipinski definition) is 9. The lowest BCUT2D eigenvalue weighted by Gasteiger charge is -2.21. The largest absolute Gasteiger partial charge is 0.493 e. The van der Waals surface area contributed by atoms with E-state index < -0.39 is 30.4 Å². The second kappa shape index (κ2) is 18.3. The van der Waals surface area contributed by atoms with Gasteiger partial charge in [-0.2, -0.15) is 18.4 Å². The number of aromatic nitrogens is 1. The number of hydrogen-bond donors (Lipinski definition) is 3. The van der Waals surface area contributed by atoms with Gasteiger partial charge in [0.1, 0.15) is 48.1 Å². The van der Waals surface area contributed by atoms with Crippen LogP contribution >= 0.6 is 11.6 Å². The summed E-state index contributed by atoms with van der Waals surface area (Å²) in [6, 6.07) is 14.9. The van der Waals surface area contributed by atoms with Crippen LogP contribution in [0.3, 0.4) is 0 Å². The van der Waals surface area contributed by atoms with E-state index in [0.29, 0.717) is 39.8 Å². The summed E-state index contributed by atoms with van der Waals surface area (Å²) in [6.07, 6.45) is 1.17. The number of benzene rings is 3. The van der Waals surface area contributed by atoms with Gasteiger partial charge < -0.3 is 29.3 Å². The van der Waals surface area contributed by atoms with Crippen LogP contribution in [0.5, 0.6) is 17.2 Å². The van der Waals surface area contributed by atoms with Gasteiger partial charge in [-0.1, -0.05) is 41.9 Å². The number of aliphatic hydroxyl groups excluding tert-OH is 1. The van der Waals surface area contributed by atoms with Crippen molar-refractivity contribution in [3.63, 3.8) is 0 Å². The highest BCUT2D eigenvalue weighted by Gasteiger charge is 2.38. The van der Waals surface area contributed by atoms with Gasteiger partial charge in [0, 0.05) is 42.7 Å². The molecule has 280 valence electrons. The van der Waals surface area contributed by atoms with E-state index in [4.69, 9.17) is 25.8 Å². The molecule has 0 bridgehead atoms. The van der Waals surface area contributed by atoms with Crippen molar-refractivity contribution in [1.29, 1.82) is 5.26 Å². The molecule has 3 N–H and O–H groups in total. The van der Waals surface area contributed by atoms with Crippen molar-refractivity contribution >= 4 is 17.6 Å².